The minimum atomic E-state index is -0.243. The molecule has 1 aromatic heterocycles. The van der Waals surface area contributed by atoms with E-state index in [1.165, 1.54) is 4.68 Å². The summed E-state index contributed by atoms with van der Waals surface area (Å²) in [6.07, 6.45) is 2.38. The molecule has 180 valence electrons. The molecule has 0 spiro atoms. The van der Waals surface area contributed by atoms with Crippen LogP contribution in [0.5, 0.6) is 5.75 Å². The fraction of sp³-hybridized carbons (Fsp3) is 0.192. The van der Waals surface area contributed by atoms with Crippen molar-refractivity contribution in [3.05, 3.63) is 101 Å². The Morgan fingerprint density at radius 3 is 2.54 bits per heavy atom. The molecule has 0 saturated heterocycles. The highest BCUT2D eigenvalue weighted by atomic mass is 79.9. The predicted octanol–water partition coefficient (Wildman–Crippen LogP) is 8.20. The summed E-state index contributed by atoms with van der Waals surface area (Å²) in [4.78, 5) is 18.2. The third-order valence-corrected chi connectivity index (χ3v) is 7.08. The molecule has 1 heterocycles. The van der Waals surface area contributed by atoms with Crippen molar-refractivity contribution in [3.8, 4) is 5.75 Å². The maximum absolute atomic E-state index is 13.4. The molecule has 0 N–H and O–H groups in total. The first-order valence-electron chi connectivity index (χ1n) is 10.9. The van der Waals surface area contributed by atoms with Crippen molar-refractivity contribution in [2.75, 3.05) is 0 Å². The van der Waals surface area contributed by atoms with Gasteiger partial charge in [-0.2, -0.15) is 9.78 Å². The molecule has 0 saturated carbocycles. The molecule has 0 aliphatic carbocycles. The lowest BCUT2D eigenvalue weighted by Gasteiger charge is -2.15. The van der Waals surface area contributed by atoms with Crippen molar-refractivity contribution >= 4 is 72.2 Å². The van der Waals surface area contributed by atoms with Gasteiger partial charge in [0.25, 0.3) is 5.56 Å². The Morgan fingerprint density at radius 2 is 1.83 bits per heavy atom. The Hall–Kier alpha value is -2.19. The van der Waals surface area contributed by atoms with E-state index in [1.54, 1.807) is 24.4 Å². The van der Waals surface area contributed by atoms with Gasteiger partial charge in [-0.05, 0) is 70.4 Å². The van der Waals surface area contributed by atoms with Crippen LogP contribution in [-0.2, 0) is 6.61 Å². The van der Waals surface area contributed by atoms with Crippen molar-refractivity contribution in [2.45, 2.75) is 32.8 Å². The molecule has 4 rings (SSSR count). The second-order valence-electron chi connectivity index (χ2n) is 8.02. The van der Waals surface area contributed by atoms with Crippen LogP contribution in [0, 0.1) is 0 Å². The average molecular weight is 638 g/mol. The number of hydrogen-bond acceptors (Lipinski definition) is 4. The third kappa shape index (κ3) is 5.97. The van der Waals surface area contributed by atoms with Gasteiger partial charge >= 0.3 is 0 Å². The van der Waals surface area contributed by atoms with Crippen molar-refractivity contribution < 1.29 is 4.74 Å². The average Bonchev–Trinajstić information content (AvgIpc) is 2.83. The van der Waals surface area contributed by atoms with Crippen molar-refractivity contribution in [2.24, 2.45) is 5.10 Å². The van der Waals surface area contributed by atoms with Crippen molar-refractivity contribution in [3.63, 3.8) is 0 Å². The number of aromatic nitrogens is 2. The van der Waals surface area contributed by atoms with Crippen LogP contribution in [0.25, 0.3) is 10.9 Å². The first-order chi connectivity index (χ1) is 16.8. The number of nitrogens with zero attached hydrogens (tertiary/aromatic N) is 3. The molecule has 35 heavy (non-hydrogen) atoms. The summed E-state index contributed by atoms with van der Waals surface area (Å²) >= 11 is 19.3. The number of ether oxygens (including phenoxy) is 1. The van der Waals surface area contributed by atoms with Gasteiger partial charge in [-0.3, -0.25) is 4.79 Å². The van der Waals surface area contributed by atoms with E-state index in [0.29, 0.717) is 49.2 Å². The van der Waals surface area contributed by atoms with Crippen LogP contribution in [-0.4, -0.2) is 15.9 Å². The fourth-order valence-electron chi connectivity index (χ4n) is 3.46. The normalized spacial score (nSPS) is 12.4. The molecular formula is C26H21Br2Cl2N3O2. The maximum Gasteiger partial charge on any atom is 0.282 e. The van der Waals surface area contributed by atoms with Gasteiger partial charge in [0.15, 0.2) is 0 Å². The first-order valence-corrected chi connectivity index (χ1v) is 13.2. The Morgan fingerprint density at radius 1 is 1.09 bits per heavy atom. The zero-order valence-electron chi connectivity index (χ0n) is 18.9. The van der Waals surface area contributed by atoms with Gasteiger partial charge in [0.1, 0.15) is 18.2 Å². The summed E-state index contributed by atoms with van der Waals surface area (Å²) in [6.45, 7) is 4.39. The van der Waals surface area contributed by atoms with E-state index < -0.39 is 0 Å². The van der Waals surface area contributed by atoms with E-state index >= 15 is 0 Å². The molecule has 3 aromatic carbocycles. The van der Waals surface area contributed by atoms with Crippen LogP contribution < -0.4 is 10.3 Å². The third-order valence-electron chi connectivity index (χ3n) is 5.53. The number of hydrogen-bond donors (Lipinski definition) is 0. The van der Waals surface area contributed by atoms with Crippen LogP contribution in [0.4, 0.5) is 0 Å². The number of fused-ring (bicyclic) bond motifs is 1. The quantitative estimate of drug-likeness (QED) is 0.192. The standard InChI is InChI=1S/C26H21Br2Cl2N3O2/c1-3-15(2)25-32-23-9-6-18(27)11-21(23)26(34)33(25)31-13-17-10-20(30)12-22(28)24(17)35-14-16-4-7-19(29)8-5-16/h4-13,15H,3,14H2,1-2H3/t15-/m1/s1. The zero-order chi connectivity index (χ0) is 25.1. The summed E-state index contributed by atoms with van der Waals surface area (Å²) < 4.78 is 8.94. The minimum Gasteiger partial charge on any atom is -0.487 e. The summed E-state index contributed by atoms with van der Waals surface area (Å²) in [5, 5.41) is 6.21. The predicted molar refractivity (Wildman–Crippen MR) is 150 cm³/mol. The van der Waals surface area contributed by atoms with E-state index in [4.69, 9.17) is 32.9 Å². The lowest BCUT2D eigenvalue weighted by Crippen LogP contribution is -2.23. The molecule has 0 radical (unpaired) electrons. The van der Waals surface area contributed by atoms with Gasteiger partial charge in [-0.25, -0.2) is 4.98 Å². The van der Waals surface area contributed by atoms with E-state index in [1.807, 2.05) is 50.2 Å². The van der Waals surface area contributed by atoms with E-state index in [2.05, 4.69) is 37.0 Å². The Kier molecular flexibility index (Phi) is 8.32. The SMILES string of the molecule is CC[C@@H](C)c1nc2ccc(Br)cc2c(=O)n1N=Cc1cc(Cl)cc(Br)c1OCc1ccc(Cl)cc1. The zero-order valence-corrected chi connectivity index (χ0v) is 23.6. The lowest BCUT2D eigenvalue weighted by atomic mass is 10.1. The largest absolute Gasteiger partial charge is 0.487 e. The molecule has 5 nitrogen and oxygen atoms in total. The Balaban J connectivity index is 1.77. The van der Waals surface area contributed by atoms with Gasteiger partial charge in [-0.1, -0.05) is 65.1 Å². The second-order valence-corrected chi connectivity index (χ2v) is 10.7. The highest BCUT2D eigenvalue weighted by Crippen LogP contribution is 2.33. The van der Waals surface area contributed by atoms with E-state index in [0.717, 1.165) is 16.5 Å². The molecule has 0 aliphatic heterocycles. The lowest BCUT2D eigenvalue weighted by molar-refractivity contribution is 0.304. The van der Waals surface area contributed by atoms with E-state index in [9.17, 15) is 4.79 Å². The molecule has 0 amide bonds. The number of benzene rings is 3. The van der Waals surface area contributed by atoms with Crippen LogP contribution in [0.2, 0.25) is 10.0 Å². The summed E-state index contributed by atoms with van der Waals surface area (Å²) in [6, 6.07) is 16.4. The fourth-order valence-corrected chi connectivity index (χ4v) is 4.90. The molecule has 0 bridgehead atoms. The van der Waals surface area contributed by atoms with Crippen LogP contribution in [0.15, 0.2) is 73.4 Å². The molecule has 0 unspecified atom stereocenters. The summed E-state index contributed by atoms with van der Waals surface area (Å²) in [7, 11) is 0. The van der Waals surface area contributed by atoms with Gasteiger partial charge in [0, 0.05) is 26.0 Å². The molecule has 1 atom stereocenters. The molecule has 9 heteroatoms. The first kappa shape index (κ1) is 25.9. The highest BCUT2D eigenvalue weighted by Gasteiger charge is 2.16. The molecule has 0 fully saturated rings. The van der Waals surface area contributed by atoms with Crippen molar-refractivity contribution in [1.29, 1.82) is 0 Å². The number of halogens is 4. The minimum absolute atomic E-state index is 0.0274. The monoisotopic (exact) mass is 635 g/mol. The highest BCUT2D eigenvalue weighted by molar-refractivity contribution is 9.10. The summed E-state index contributed by atoms with van der Waals surface area (Å²) in [5.41, 5.74) is 1.97. The second kappa shape index (κ2) is 11.2. The van der Waals surface area contributed by atoms with Crippen LogP contribution in [0.1, 0.15) is 43.1 Å². The van der Waals surface area contributed by atoms with Crippen LogP contribution >= 0.6 is 55.1 Å². The molecular weight excluding hydrogens is 617 g/mol. The van der Waals surface area contributed by atoms with Gasteiger partial charge in [0.2, 0.25) is 0 Å². The maximum atomic E-state index is 13.4. The van der Waals surface area contributed by atoms with Gasteiger partial charge in [-0.15, -0.1) is 0 Å². The topological polar surface area (TPSA) is 56.5 Å². The molecule has 0 aliphatic rings. The Labute approximate surface area is 230 Å². The molecule has 4 aromatic rings. The van der Waals surface area contributed by atoms with Gasteiger partial charge < -0.3 is 4.74 Å². The van der Waals surface area contributed by atoms with Crippen molar-refractivity contribution in [1.82, 2.24) is 9.66 Å². The van der Waals surface area contributed by atoms with E-state index in [-0.39, 0.29) is 11.5 Å². The van der Waals surface area contributed by atoms with Gasteiger partial charge in [0.05, 0.1) is 21.6 Å². The number of rotatable bonds is 7. The van der Waals surface area contributed by atoms with Crippen LogP contribution in [0.3, 0.4) is 0 Å². The smallest absolute Gasteiger partial charge is 0.282 e. The Bertz CT molecular complexity index is 1470. The summed E-state index contributed by atoms with van der Waals surface area (Å²) in [5.74, 6) is 1.18.